The van der Waals surface area contributed by atoms with Crippen molar-refractivity contribution in [2.45, 2.75) is 6.29 Å². The van der Waals surface area contributed by atoms with Crippen molar-refractivity contribution >= 4 is 0 Å². The molecule has 0 spiro atoms. The van der Waals surface area contributed by atoms with Crippen molar-refractivity contribution in [1.29, 1.82) is 0 Å². The van der Waals surface area contributed by atoms with Crippen LogP contribution in [0.2, 0.25) is 0 Å². The second kappa shape index (κ2) is 2.64. The van der Waals surface area contributed by atoms with Gasteiger partial charge in [-0.15, -0.1) is 0 Å². The van der Waals surface area contributed by atoms with Gasteiger partial charge in [0, 0.05) is 13.1 Å². The molecule has 54 valence electrons. The molecule has 3 nitrogen and oxygen atoms in total. The van der Waals surface area contributed by atoms with Gasteiger partial charge in [0.15, 0.2) is 0 Å². The Hall–Kier alpha value is -0.120. The number of nitrogens with one attached hydrogen (secondary N) is 1. The zero-order chi connectivity index (χ0) is 6.85. The minimum absolute atomic E-state index is 0.449. The Labute approximate surface area is 56.6 Å². The third-order valence-corrected chi connectivity index (χ3v) is 1.90. The summed E-state index contributed by atoms with van der Waals surface area (Å²) in [6.45, 7) is 2.34. The second-order valence-electron chi connectivity index (χ2n) is 2.62. The molecular formula is C6H15N3. The van der Waals surface area contributed by atoms with Crippen LogP contribution in [0.5, 0.6) is 0 Å². The summed E-state index contributed by atoms with van der Waals surface area (Å²) in [4.78, 5) is 4.58. The van der Waals surface area contributed by atoms with Crippen molar-refractivity contribution in [2.75, 3.05) is 34.2 Å². The van der Waals surface area contributed by atoms with Crippen molar-refractivity contribution in [3.8, 4) is 0 Å². The van der Waals surface area contributed by atoms with E-state index in [1.807, 2.05) is 7.05 Å². The SMILES string of the molecule is CNC1N(C)CCN1C. The molecule has 1 fully saturated rings. The van der Waals surface area contributed by atoms with Gasteiger partial charge in [-0.05, 0) is 21.1 Å². The first-order valence-electron chi connectivity index (χ1n) is 3.33. The molecule has 0 aromatic rings. The molecule has 0 amide bonds. The first kappa shape index (κ1) is 6.99. The Morgan fingerprint density at radius 2 is 1.67 bits per heavy atom. The van der Waals surface area contributed by atoms with Crippen molar-refractivity contribution in [1.82, 2.24) is 15.1 Å². The fourth-order valence-corrected chi connectivity index (χ4v) is 1.34. The lowest BCUT2D eigenvalue weighted by Crippen LogP contribution is -2.44. The van der Waals surface area contributed by atoms with Crippen LogP contribution >= 0.6 is 0 Å². The standard InChI is InChI=1S/C6H15N3/c1-7-6-8(2)4-5-9(6)3/h6-7H,4-5H2,1-3H3. The lowest BCUT2D eigenvalue weighted by Gasteiger charge is -2.23. The van der Waals surface area contributed by atoms with E-state index in [0.29, 0.717) is 6.29 Å². The van der Waals surface area contributed by atoms with E-state index in [1.165, 1.54) is 13.1 Å². The number of hydrogen-bond acceptors (Lipinski definition) is 3. The number of nitrogens with zero attached hydrogens (tertiary/aromatic N) is 2. The van der Waals surface area contributed by atoms with Crippen LogP contribution in [0.1, 0.15) is 0 Å². The summed E-state index contributed by atoms with van der Waals surface area (Å²) >= 11 is 0. The molecule has 1 aliphatic rings. The first-order chi connectivity index (χ1) is 4.25. The molecule has 1 aliphatic heterocycles. The summed E-state index contributed by atoms with van der Waals surface area (Å²) < 4.78 is 0. The van der Waals surface area contributed by atoms with E-state index in [4.69, 9.17) is 0 Å². The maximum absolute atomic E-state index is 3.22. The molecule has 1 rings (SSSR count). The lowest BCUT2D eigenvalue weighted by atomic mass is 10.6. The maximum atomic E-state index is 3.22. The van der Waals surface area contributed by atoms with Crippen molar-refractivity contribution < 1.29 is 0 Å². The van der Waals surface area contributed by atoms with Crippen LogP contribution in [-0.2, 0) is 0 Å². The van der Waals surface area contributed by atoms with Crippen molar-refractivity contribution in [3.05, 3.63) is 0 Å². The predicted octanol–water partition coefficient (Wildman–Crippen LogP) is -0.633. The predicted molar refractivity (Wildman–Crippen MR) is 38.1 cm³/mol. The van der Waals surface area contributed by atoms with E-state index in [9.17, 15) is 0 Å². The molecule has 0 aromatic carbocycles. The molecule has 3 heteroatoms. The quantitative estimate of drug-likeness (QED) is 0.508. The molecule has 0 aromatic heterocycles. The van der Waals surface area contributed by atoms with Crippen LogP contribution in [0, 0.1) is 0 Å². The fourth-order valence-electron chi connectivity index (χ4n) is 1.34. The molecule has 0 unspecified atom stereocenters. The Kier molecular flexibility index (Phi) is 2.05. The van der Waals surface area contributed by atoms with E-state index >= 15 is 0 Å². The third-order valence-electron chi connectivity index (χ3n) is 1.90. The average Bonchev–Trinajstić information content (AvgIpc) is 2.12. The second-order valence-corrected chi connectivity index (χ2v) is 2.62. The van der Waals surface area contributed by atoms with Crippen LogP contribution in [0.3, 0.4) is 0 Å². The first-order valence-corrected chi connectivity index (χ1v) is 3.33. The summed E-state index contributed by atoms with van der Waals surface area (Å²) in [7, 11) is 6.25. The minimum atomic E-state index is 0.449. The summed E-state index contributed by atoms with van der Waals surface area (Å²) in [5.74, 6) is 0. The molecule has 1 heterocycles. The highest BCUT2D eigenvalue weighted by atomic mass is 15.5. The number of hydrogen-bond donors (Lipinski definition) is 1. The van der Waals surface area contributed by atoms with Crippen LogP contribution in [0.25, 0.3) is 0 Å². The van der Waals surface area contributed by atoms with Gasteiger partial charge in [0.1, 0.15) is 6.29 Å². The Balaban J connectivity index is 2.44. The van der Waals surface area contributed by atoms with Gasteiger partial charge in [0.05, 0.1) is 0 Å². The van der Waals surface area contributed by atoms with Crippen LogP contribution in [-0.4, -0.2) is 50.3 Å². The largest absolute Gasteiger partial charge is 0.292 e. The van der Waals surface area contributed by atoms with Gasteiger partial charge >= 0.3 is 0 Å². The number of rotatable bonds is 1. The van der Waals surface area contributed by atoms with Crippen LogP contribution in [0.4, 0.5) is 0 Å². The van der Waals surface area contributed by atoms with Gasteiger partial charge in [0.2, 0.25) is 0 Å². The molecule has 9 heavy (non-hydrogen) atoms. The van der Waals surface area contributed by atoms with E-state index in [1.54, 1.807) is 0 Å². The molecule has 1 N–H and O–H groups in total. The molecular weight excluding hydrogens is 114 g/mol. The van der Waals surface area contributed by atoms with Gasteiger partial charge in [-0.25, -0.2) is 0 Å². The maximum Gasteiger partial charge on any atom is 0.116 e. The zero-order valence-corrected chi connectivity index (χ0v) is 6.39. The highest BCUT2D eigenvalue weighted by Gasteiger charge is 2.23. The molecule has 0 atom stereocenters. The molecule has 0 bridgehead atoms. The van der Waals surface area contributed by atoms with E-state index in [-0.39, 0.29) is 0 Å². The molecule has 0 aliphatic carbocycles. The van der Waals surface area contributed by atoms with Crippen LogP contribution < -0.4 is 5.32 Å². The summed E-state index contributed by atoms with van der Waals surface area (Å²) in [5.41, 5.74) is 0. The third kappa shape index (κ3) is 1.23. The molecule has 1 saturated heterocycles. The molecule has 0 saturated carbocycles. The van der Waals surface area contributed by atoms with Crippen molar-refractivity contribution in [3.63, 3.8) is 0 Å². The fraction of sp³-hybridized carbons (Fsp3) is 1.00. The van der Waals surface area contributed by atoms with Gasteiger partial charge in [-0.2, -0.15) is 0 Å². The molecule has 0 radical (unpaired) electrons. The number of likely N-dealkylation sites (N-methyl/N-ethyl adjacent to an activating group) is 2. The van der Waals surface area contributed by atoms with Crippen molar-refractivity contribution in [2.24, 2.45) is 0 Å². The Bertz CT molecular complexity index is 84.3. The average molecular weight is 129 g/mol. The summed E-state index contributed by atoms with van der Waals surface area (Å²) in [6.07, 6.45) is 0.449. The van der Waals surface area contributed by atoms with Gasteiger partial charge < -0.3 is 0 Å². The van der Waals surface area contributed by atoms with Gasteiger partial charge in [-0.1, -0.05) is 0 Å². The van der Waals surface area contributed by atoms with E-state index < -0.39 is 0 Å². The highest BCUT2D eigenvalue weighted by Crippen LogP contribution is 2.04. The summed E-state index contributed by atoms with van der Waals surface area (Å²) in [6, 6.07) is 0. The normalized spacial score (nSPS) is 25.7. The van der Waals surface area contributed by atoms with E-state index in [2.05, 4.69) is 29.2 Å². The summed E-state index contributed by atoms with van der Waals surface area (Å²) in [5, 5.41) is 3.22. The minimum Gasteiger partial charge on any atom is -0.292 e. The topological polar surface area (TPSA) is 18.5 Å². The van der Waals surface area contributed by atoms with Gasteiger partial charge in [0.25, 0.3) is 0 Å². The smallest absolute Gasteiger partial charge is 0.116 e. The Morgan fingerprint density at radius 1 is 1.22 bits per heavy atom. The lowest BCUT2D eigenvalue weighted by molar-refractivity contribution is 0.157. The monoisotopic (exact) mass is 129 g/mol. The Morgan fingerprint density at radius 3 is 1.89 bits per heavy atom. The van der Waals surface area contributed by atoms with E-state index in [0.717, 1.165) is 0 Å². The highest BCUT2D eigenvalue weighted by molar-refractivity contribution is 4.72. The van der Waals surface area contributed by atoms with Gasteiger partial charge in [-0.3, -0.25) is 15.1 Å². The zero-order valence-electron chi connectivity index (χ0n) is 6.39. The van der Waals surface area contributed by atoms with Crippen LogP contribution in [0.15, 0.2) is 0 Å².